The lowest BCUT2D eigenvalue weighted by Crippen LogP contribution is -2.41. The van der Waals surface area contributed by atoms with E-state index in [-0.39, 0.29) is 12.5 Å². The van der Waals surface area contributed by atoms with Gasteiger partial charge in [-0.1, -0.05) is 13.3 Å². The lowest BCUT2D eigenvalue weighted by Gasteiger charge is -2.25. The van der Waals surface area contributed by atoms with Gasteiger partial charge in [0.1, 0.15) is 0 Å². The second-order valence-electron chi connectivity index (χ2n) is 4.46. The molecule has 0 saturated carbocycles. The van der Waals surface area contributed by atoms with Gasteiger partial charge in [0.25, 0.3) is 0 Å². The van der Waals surface area contributed by atoms with E-state index >= 15 is 0 Å². The number of nitrogens with one attached hydrogen (secondary N) is 1. The zero-order valence-corrected chi connectivity index (χ0v) is 9.92. The molecule has 3 N–H and O–H groups in total. The molecular formula is C11H23NO3. The summed E-state index contributed by atoms with van der Waals surface area (Å²) in [5.41, 5.74) is -0.688. The van der Waals surface area contributed by atoms with Crippen LogP contribution in [0.1, 0.15) is 46.5 Å². The van der Waals surface area contributed by atoms with E-state index in [1.54, 1.807) is 6.92 Å². The molecule has 2 unspecified atom stereocenters. The van der Waals surface area contributed by atoms with Crippen molar-refractivity contribution in [1.29, 1.82) is 0 Å². The highest BCUT2D eigenvalue weighted by atomic mass is 16.4. The van der Waals surface area contributed by atoms with Gasteiger partial charge in [0.05, 0.1) is 5.60 Å². The maximum Gasteiger partial charge on any atom is 0.303 e. The average Bonchev–Trinajstić information content (AvgIpc) is 2.11. The maximum absolute atomic E-state index is 10.3. The Morgan fingerprint density at radius 3 is 2.60 bits per heavy atom. The first-order valence-electron chi connectivity index (χ1n) is 5.55. The van der Waals surface area contributed by atoms with E-state index in [1.807, 2.05) is 13.8 Å². The Kier molecular flexibility index (Phi) is 6.52. The fourth-order valence-electron chi connectivity index (χ4n) is 1.46. The third-order valence-corrected chi connectivity index (χ3v) is 2.41. The first-order valence-corrected chi connectivity index (χ1v) is 5.55. The van der Waals surface area contributed by atoms with Gasteiger partial charge in [-0.05, 0) is 26.7 Å². The summed E-state index contributed by atoms with van der Waals surface area (Å²) < 4.78 is 0. The third kappa shape index (κ3) is 8.39. The van der Waals surface area contributed by atoms with Crippen molar-refractivity contribution < 1.29 is 15.0 Å². The minimum Gasteiger partial charge on any atom is -0.481 e. The summed E-state index contributed by atoms with van der Waals surface area (Å²) >= 11 is 0. The number of carboxylic acids is 1. The lowest BCUT2D eigenvalue weighted by atomic mass is 10.00. The topological polar surface area (TPSA) is 69.6 Å². The largest absolute Gasteiger partial charge is 0.481 e. The fraction of sp³-hybridized carbons (Fsp3) is 0.909. The molecule has 0 aliphatic heterocycles. The van der Waals surface area contributed by atoms with Crippen LogP contribution in [0.2, 0.25) is 0 Å². The highest BCUT2D eigenvalue weighted by molar-refractivity contribution is 5.66. The Labute approximate surface area is 91.7 Å². The molecule has 4 nitrogen and oxygen atoms in total. The van der Waals surface area contributed by atoms with E-state index in [0.29, 0.717) is 13.0 Å². The van der Waals surface area contributed by atoms with Crippen LogP contribution in [-0.2, 0) is 4.79 Å². The van der Waals surface area contributed by atoms with Crippen molar-refractivity contribution in [2.24, 2.45) is 0 Å². The van der Waals surface area contributed by atoms with Gasteiger partial charge in [0.15, 0.2) is 0 Å². The summed E-state index contributed by atoms with van der Waals surface area (Å²) in [5.74, 6) is -0.774. The minimum absolute atomic E-state index is 0.129. The van der Waals surface area contributed by atoms with Gasteiger partial charge >= 0.3 is 5.97 Å². The van der Waals surface area contributed by atoms with Crippen molar-refractivity contribution in [2.45, 2.75) is 58.1 Å². The third-order valence-electron chi connectivity index (χ3n) is 2.41. The molecule has 0 aliphatic rings. The van der Waals surface area contributed by atoms with Gasteiger partial charge in [-0.25, -0.2) is 0 Å². The molecule has 0 radical (unpaired) electrons. The monoisotopic (exact) mass is 217 g/mol. The number of carboxylic acid groups (broad SMARTS) is 1. The summed E-state index contributed by atoms with van der Waals surface area (Å²) in [6.45, 7) is 6.28. The van der Waals surface area contributed by atoms with Crippen molar-refractivity contribution in [2.75, 3.05) is 6.54 Å². The summed E-state index contributed by atoms with van der Waals surface area (Å²) in [6.07, 6.45) is 2.46. The van der Waals surface area contributed by atoms with Crippen molar-refractivity contribution in [3.05, 3.63) is 0 Å². The standard InChI is InChI=1S/C11H23NO3/c1-4-7-11(3,15)8-12-9(2)5-6-10(13)14/h9,12,15H,4-8H2,1-3H3,(H,13,14). The normalized spacial score (nSPS) is 17.1. The van der Waals surface area contributed by atoms with Crippen LogP contribution in [0.25, 0.3) is 0 Å². The number of aliphatic hydroxyl groups is 1. The number of hydrogen-bond acceptors (Lipinski definition) is 3. The van der Waals surface area contributed by atoms with Gasteiger partial charge < -0.3 is 15.5 Å². The molecule has 4 heteroatoms. The molecule has 0 fully saturated rings. The molecule has 0 heterocycles. The SMILES string of the molecule is CCCC(C)(O)CNC(C)CCC(=O)O. The lowest BCUT2D eigenvalue weighted by molar-refractivity contribution is -0.137. The molecule has 0 aromatic rings. The first-order chi connectivity index (χ1) is 6.87. The van der Waals surface area contributed by atoms with E-state index in [1.165, 1.54) is 0 Å². The predicted molar refractivity (Wildman–Crippen MR) is 59.9 cm³/mol. The van der Waals surface area contributed by atoms with Crippen LogP contribution >= 0.6 is 0 Å². The minimum atomic E-state index is -0.774. The molecule has 0 aromatic heterocycles. The second kappa shape index (κ2) is 6.80. The molecule has 90 valence electrons. The molecule has 0 aromatic carbocycles. The van der Waals surface area contributed by atoms with Crippen molar-refractivity contribution in [1.82, 2.24) is 5.32 Å². The van der Waals surface area contributed by atoms with Crippen LogP contribution in [0.15, 0.2) is 0 Å². The smallest absolute Gasteiger partial charge is 0.303 e. The van der Waals surface area contributed by atoms with E-state index < -0.39 is 11.6 Å². The first kappa shape index (κ1) is 14.4. The molecule has 0 rings (SSSR count). The fourth-order valence-corrected chi connectivity index (χ4v) is 1.46. The zero-order chi connectivity index (χ0) is 11.9. The van der Waals surface area contributed by atoms with E-state index in [4.69, 9.17) is 5.11 Å². The Hall–Kier alpha value is -0.610. The van der Waals surface area contributed by atoms with E-state index in [0.717, 1.165) is 12.8 Å². The number of aliphatic carboxylic acids is 1. The average molecular weight is 217 g/mol. The van der Waals surface area contributed by atoms with E-state index in [9.17, 15) is 9.90 Å². The molecule has 0 bridgehead atoms. The zero-order valence-electron chi connectivity index (χ0n) is 9.92. The van der Waals surface area contributed by atoms with Crippen LogP contribution in [0.4, 0.5) is 0 Å². The molecule has 0 saturated heterocycles. The van der Waals surface area contributed by atoms with Crippen molar-refractivity contribution in [3.8, 4) is 0 Å². The highest BCUT2D eigenvalue weighted by Gasteiger charge is 2.19. The number of carbonyl (C=O) groups is 1. The van der Waals surface area contributed by atoms with Crippen LogP contribution < -0.4 is 5.32 Å². The Morgan fingerprint density at radius 1 is 1.53 bits per heavy atom. The van der Waals surface area contributed by atoms with Crippen LogP contribution in [0.3, 0.4) is 0 Å². The van der Waals surface area contributed by atoms with Crippen molar-refractivity contribution in [3.63, 3.8) is 0 Å². The van der Waals surface area contributed by atoms with Gasteiger partial charge in [-0.15, -0.1) is 0 Å². The van der Waals surface area contributed by atoms with E-state index in [2.05, 4.69) is 5.32 Å². The molecule has 0 aliphatic carbocycles. The number of rotatable bonds is 8. The predicted octanol–water partition coefficient (Wildman–Crippen LogP) is 1.38. The van der Waals surface area contributed by atoms with Gasteiger partial charge in [-0.3, -0.25) is 4.79 Å². The summed E-state index contributed by atoms with van der Waals surface area (Å²) in [7, 11) is 0. The highest BCUT2D eigenvalue weighted by Crippen LogP contribution is 2.10. The van der Waals surface area contributed by atoms with Crippen LogP contribution in [0.5, 0.6) is 0 Å². The summed E-state index contributed by atoms with van der Waals surface area (Å²) in [4.78, 5) is 10.3. The second-order valence-corrected chi connectivity index (χ2v) is 4.46. The molecule has 15 heavy (non-hydrogen) atoms. The quantitative estimate of drug-likeness (QED) is 0.574. The maximum atomic E-state index is 10.3. The van der Waals surface area contributed by atoms with Gasteiger partial charge in [0, 0.05) is 19.0 Å². The van der Waals surface area contributed by atoms with Crippen LogP contribution in [0, 0.1) is 0 Å². The number of hydrogen-bond donors (Lipinski definition) is 3. The van der Waals surface area contributed by atoms with Crippen LogP contribution in [-0.4, -0.2) is 34.4 Å². The van der Waals surface area contributed by atoms with Gasteiger partial charge in [-0.2, -0.15) is 0 Å². The Morgan fingerprint density at radius 2 is 2.13 bits per heavy atom. The Bertz CT molecular complexity index is 192. The van der Waals surface area contributed by atoms with Crippen molar-refractivity contribution >= 4 is 5.97 Å². The summed E-state index contributed by atoms with van der Waals surface area (Å²) in [6, 6.07) is 0.129. The molecule has 2 atom stereocenters. The van der Waals surface area contributed by atoms with Gasteiger partial charge in [0.2, 0.25) is 0 Å². The Balaban J connectivity index is 3.69. The summed E-state index contributed by atoms with van der Waals surface area (Å²) in [5, 5.41) is 21.5. The molecule has 0 amide bonds. The molecular weight excluding hydrogens is 194 g/mol. The molecule has 0 spiro atoms.